The zero-order valence-corrected chi connectivity index (χ0v) is 6.54. The van der Waals surface area contributed by atoms with Crippen LogP contribution < -0.4 is 0 Å². The van der Waals surface area contributed by atoms with Gasteiger partial charge in [-0.1, -0.05) is 24.8 Å². The fraction of sp³-hybridized carbons (Fsp3) is 0.222. The molecule has 0 N–H and O–H groups in total. The van der Waals surface area contributed by atoms with Gasteiger partial charge in [0.15, 0.2) is 0 Å². The van der Waals surface area contributed by atoms with E-state index in [1.165, 1.54) is 0 Å². The predicted octanol–water partition coefficient (Wildman–Crippen LogP) is 2.72. The molecule has 0 rings (SSSR count). The molecule has 0 atom stereocenters. The normalized spacial score (nSPS) is 13.2. The third-order valence-corrected chi connectivity index (χ3v) is 0.901. The first-order valence-electron chi connectivity index (χ1n) is 3.26. The molecular weight excluding hydrogens is 122 g/mol. The highest BCUT2D eigenvalue weighted by molar-refractivity contribution is 5.93. The van der Waals surface area contributed by atoms with Crippen LogP contribution in [0.5, 0.6) is 0 Å². The van der Waals surface area contributed by atoms with Gasteiger partial charge in [-0.25, -0.2) is 0 Å². The van der Waals surface area contributed by atoms with E-state index in [-0.39, 0.29) is 0 Å². The molecule has 0 spiro atoms. The molecule has 0 aromatic carbocycles. The molecule has 0 bridgehead atoms. The van der Waals surface area contributed by atoms with E-state index in [0.29, 0.717) is 0 Å². The van der Waals surface area contributed by atoms with E-state index < -0.39 is 0 Å². The number of nitrogens with zero attached hydrogens (tertiary/aromatic N) is 1. The summed E-state index contributed by atoms with van der Waals surface area (Å²) >= 11 is 0. The summed E-state index contributed by atoms with van der Waals surface area (Å²) in [6.45, 7) is 7.44. The van der Waals surface area contributed by atoms with Gasteiger partial charge >= 0.3 is 0 Å². The van der Waals surface area contributed by atoms with Crippen LogP contribution in [0.4, 0.5) is 0 Å². The van der Waals surface area contributed by atoms with Crippen LogP contribution in [-0.4, -0.2) is 5.71 Å². The number of rotatable bonds is 3. The molecule has 0 saturated heterocycles. The van der Waals surface area contributed by atoms with Gasteiger partial charge in [0.1, 0.15) is 0 Å². The Kier molecular flexibility index (Phi) is 5.35. The highest BCUT2D eigenvalue weighted by atomic mass is 14.7. The Balaban J connectivity index is 3.93. The van der Waals surface area contributed by atoms with Gasteiger partial charge in [0.05, 0.1) is 0 Å². The van der Waals surface area contributed by atoms with E-state index in [0.717, 1.165) is 5.71 Å². The van der Waals surface area contributed by atoms with E-state index in [1.807, 2.05) is 32.1 Å². The van der Waals surface area contributed by atoms with Crippen LogP contribution in [0.1, 0.15) is 13.8 Å². The standard InChI is InChI=1S/C9H13N/c1-4-6-7-9(3)10-8-5-2/h4-8H,1H2,2-3H3/b7-6-,8-5-,10-9-. The fourth-order valence-electron chi connectivity index (χ4n) is 0.442. The molecule has 54 valence electrons. The molecule has 0 saturated carbocycles. The molecule has 0 radical (unpaired) electrons. The zero-order chi connectivity index (χ0) is 7.82. The van der Waals surface area contributed by atoms with Crippen molar-refractivity contribution in [1.82, 2.24) is 0 Å². The second-order valence-electron chi connectivity index (χ2n) is 1.85. The first kappa shape index (κ1) is 8.89. The van der Waals surface area contributed by atoms with Crippen LogP contribution in [0, 0.1) is 0 Å². The number of hydrogen-bond acceptors (Lipinski definition) is 1. The third kappa shape index (κ3) is 5.04. The summed E-state index contributed by atoms with van der Waals surface area (Å²) < 4.78 is 0. The molecule has 10 heavy (non-hydrogen) atoms. The van der Waals surface area contributed by atoms with Crippen molar-refractivity contribution in [2.24, 2.45) is 4.99 Å². The summed E-state index contributed by atoms with van der Waals surface area (Å²) in [4.78, 5) is 4.08. The van der Waals surface area contributed by atoms with Gasteiger partial charge in [0.25, 0.3) is 0 Å². The molecule has 0 heterocycles. The van der Waals surface area contributed by atoms with Crippen LogP contribution in [0.2, 0.25) is 0 Å². The first-order valence-corrected chi connectivity index (χ1v) is 3.26. The smallest absolute Gasteiger partial charge is 0.0372 e. The van der Waals surface area contributed by atoms with Crippen LogP contribution in [-0.2, 0) is 0 Å². The SMILES string of the molecule is C=C\C=C/C(C)=N\C=C/C. The molecule has 0 aliphatic carbocycles. The number of allylic oxidation sites excluding steroid dienone is 4. The van der Waals surface area contributed by atoms with Crippen molar-refractivity contribution in [3.63, 3.8) is 0 Å². The molecule has 0 aliphatic heterocycles. The fourth-order valence-corrected chi connectivity index (χ4v) is 0.442. The van der Waals surface area contributed by atoms with E-state index in [1.54, 1.807) is 12.3 Å². The van der Waals surface area contributed by atoms with Gasteiger partial charge in [0.2, 0.25) is 0 Å². The Morgan fingerprint density at radius 2 is 2.20 bits per heavy atom. The van der Waals surface area contributed by atoms with Crippen LogP contribution >= 0.6 is 0 Å². The van der Waals surface area contributed by atoms with E-state index >= 15 is 0 Å². The largest absolute Gasteiger partial charge is 0.262 e. The molecule has 1 nitrogen and oxygen atoms in total. The number of aliphatic imine (C=N–C) groups is 1. The third-order valence-electron chi connectivity index (χ3n) is 0.901. The molecule has 0 aliphatic rings. The average Bonchev–Trinajstić information content (AvgIpc) is 1.97. The maximum atomic E-state index is 4.08. The molecule has 0 amide bonds. The zero-order valence-electron chi connectivity index (χ0n) is 6.54. The van der Waals surface area contributed by atoms with Gasteiger partial charge in [-0.15, -0.1) is 0 Å². The average molecular weight is 135 g/mol. The topological polar surface area (TPSA) is 12.4 Å². The van der Waals surface area contributed by atoms with Crippen molar-refractivity contribution >= 4 is 5.71 Å². The van der Waals surface area contributed by atoms with Crippen molar-refractivity contribution in [1.29, 1.82) is 0 Å². The Hall–Kier alpha value is -1.11. The highest BCUT2D eigenvalue weighted by Crippen LogP contribution is 1.83. The van der Waals surface area contributed by atoms with Crippen LogP contribution in [0.3, 0.4) is 0 Å². The minimum absolute atomic E-state index is 0.984. The molecule has 0 fully saturated rings. The van der Waals surface area contributed by atoms with E-state index in [4.69, 9.17) is 0 Å². The Morgan fingerprint density at radius 3 is 2.70 bits per heavy atom. The molecule has 0 aromatic heterocycles. The quantitative estimate of drug-likeness (QED) is 0.417. The Bertz CT molecular complexity index is 173. The van der Waals surface area contributed by atoms with Gasteiger partial charge in [-0.2, -0.15) is 0 Å². The summed E-state index contributed by atoms with van der Waals surface area (Å²) in [7, 11) is 0. The van der Waals surface area contributed by atoms with Gasteiger partial charge in [-0.3, -0.25) is 4.99 Å². The molecular formula is C9H13N. The van der Waals surface area contributed by atoms with Crippen molar-refractivity contribution in [2.45, 2.75) is 13.8 Å². The Morgan fingerprint density at radius 1 is 1.50 bits per heavy atom. The highest BCUT2D eigenvalue weighted by Gasteiger charge is 1.75. The molecule has 0 aromatic rings. The summed E-state index contributed by atoms with van der Waals surface area (Å²) in [5.74, 6) is 0. The van der Waals surface area contributed by atoms with Gasteiger partial charge in [0, 0.05) is 11.9 Å². The Labute approximate surface area is 62.5 Å². The second-order valence-corrected chi connectivity index (χ2v) is 1.85. The lowest BCUT2D eigenvalue weighted by Gasteiger charge is -1.83. The summed E-state index contributed by atoms with van der Waals surface area (Å²) in [5, 5.41) is 0. The minimum Gasteiger partial charge on any atom is -0.262 e. The lowest BCUT2D eigenvalue weighted by atomic mass is 10.3. The van der Waals surface area contributed by atoms with Crippen LogP contribution in [0.25, 0.3) is 0 Å². The predicted molar refractivity (Wildman–Crippen MR) is 47.3 cm³/mol. The van der Waals surface area contributed by atoms with Crippen molar-refractivity contribution < 1.29 is 0 Å². The maximum Gasteiger partial charge on any atom is 0.0372 e. The van der Waals surface area contributed by atoms with E-state index in [9.17, 15) is 0 Å². The summed E-state index contributed by atoms with van der Waals surface area (Å²) in [6, 6.07) is 0. The van der Waals surface area contributed by atoms with Crippen molar-refractivity contribution in [3.8, 4) is 0 Å². The first-order chi connectivity index (χ1) is 4.81. The van der Waals surface area contributed by atoms with Gasteiger partial charge < -0.3 is 0 Å². The maximum absolute atomic E-state index is 4.08. The van der Waals surface area contributed by atoms with Crippen LogP contribution in [0.15, 0.2) is 42.1 Å². The minimum atomic E-state index is 0.984. The van der Waals surface area contributed by atoms with E-state index in [2.05, 4.69) is 11.6 Å². The lowest BCUT2D eigenvalue weighted by molar-refractivity contribution is 1.50. The second kappa shape index (κ2) is 6.02. The number of hydrogen-bond donors (Lipinski definition) is 0. The van der Waals surface area contributed by atoms with Crippen molar-refractivity contribution in [3.05, 3.63) is 37.1 Å². The summed E-state index contributed by atoms with van der Waals surface area (Å²) in [6.07, 6.45) is 9.16. The molecule has 1 heteroatoms. The van der Waals surface area contributed by atoms with Gasteiger partial charge in [-0.05, 0) is 19.9 Å². The molecule has 0 unspecified atom stereocenters. The van der Waals surface area contributed by atoms with Crippen molar-refractivity contribution in [2.75, 3.05) is 0 Å². The summed E-state index contributed by atoms with van der Waals surface area (Å²) in [5.41, 5.74) is 0.984. The lowest BCUT2D eigenvalue weighted by Crippen LogP contribution is -1.79. The monoisotopic (exact) mass is 135 g/mol.